The van der Waals surface area contributed by atoms with Gasteiger partial charge in [-0.15, -0.1) is 0 Å². The predicted octanol–water partition coefficient (Wildman–Crippen LogP) is 1.59. The zero-order valence-corrected chi connectivity index (χ0v) is 12.0. The molecule has 0 rings (SSSR count). The Labute approximate surface area is 105 Å². The molecule has 0 fully saturated rings. The van der Waals surface area contributed by atoms with E-state index in [0.29, 0.717) is 13.0 Å². The Bertz CT molecular complexity index is 269. The van der Waals surface area contributed by atoms with Gasteiger partial charge in [0.05, 0.1) is 6.04 Å². The Morgan fingerprint density at radius 3 is 2.12 bits per heavy atom. The van der Waals surface area contributed by atoms with Crippen molar-refractivity contribution in [2.24, 2.45) is 0 Å². The number of carbonyl (C=O) groups excluding carboxylic acids is 2. The van der Waals surface area contributed by atoms with Crippen LogP contribution in [0.1, 0.15) is 47.5 Å². The summed E-state index contributed by atoms with van der Waals surface area (Å²) in [6, 6.07) is -0.374. The molecule has 1 unspecified atom stereocenters. The highest BCUT2D eigenvalue weighted by Crippen LogP contribution is 2.08. The average Bonchev–Trinajstić information content (AvgIpc) is 2.23. The van der Waals surface area contributed by atoms with Gasteiger partial charge in [0.2, 0.25) is 5.78 Å². The molecule has 0 aromatic rings. The molecule has 1 N–H and O–H groups in total. The fourth-order valence-electron chi connectivity index (χ4n) is 1.56. The van der Waals surface area contributed by atoms with Crippen LogP contribution in [0.25, 0.3) is 0 Å². The number of carbonyl (C=O) groups is 2. The molecule has 100 valence electrons. The lowest BCUT2D eigenvalue weighted by atomic mass is 10.0. The number of nitrogens with zero attached hydrogens (tertiary/aromatic N) is 1. The summed E-state index contributed by atoms with van der Waals surface area (Å²) in [7, 11) is 1.65. The van der Waals surface area contributed by atoms with Crippen molar-refractivity contribution < 1.29 is 9.59 Å². The molecule has 0 spiro atoms. The first-order chi connectivity index (χ1) is 7.72. The fourth-order valence-corrected chi connectivity index (χ4v) is 1.56. The Morgan fingerprint density at radius 2 is 1.76 bits per heavy atom. The van der Waals surface area contributed by atoms with E-state index in [2.05, 4.69) is 5.32 Å². The van der Waals surface area contributed by atoms with Gasteiger partial charge in [0.25, 0.3) is 5.91 Å². The van der Waals surface area contributed by atoms with Crippen LogP contribution in [0, 0.1) is 0 Å². The van der Waals surface area contributed by atoms with Crippen LogP contribution in [0.4, 0.5) is 0 Å². The van der Waals surface area contributed by atoms with Crippen LogP contribution in [0.3, 0.4) is 0 Å². The molecule has 0 aromatic carbocycles. The van der Waals surface area contributed by atoms with Crippen LogP contribution in [0.5, 0.6) is 0 Å². The smallest absolute Gasteiger partial charge is 0.291 e. The van der Waals surface area contributed by atoms with Crippen LogP contribution < -0.4 is 5.32 Å². The van der Waals surface area contributed by atoms with Crippen LogP contribution >= 0.6 is 0 Å². The molecule has 17 heavy (non-hydrogen) atoms. The lowest BCUT2D eigenvalue weighted by Gasteiger charge is -2.28. The number of nitrogens with one attached hydrogen (secondary N) is 1. The molecule has 4 heteroatoms. The van der Waals surface area contributed by atoms with Gasteiger partial charge in [0.15, 0.2) is 0 Å². The van der Waals surface area contributed by atoms with Gasteiger partial charge in [0.1, 0.15) is 0 Å². The van der Waals surface area contributed by atoms with Gasteiger partial charge >= 0.3 is 0 Å². The molecule has 1 atom stereocenters. The molecular weight excluding hydrogens is 216 g/mol. The first-order valence-electron chi connectivity index (χ1n) is 6.30. The number of Topliss-reactive ketones (excluding diaryl/α,β-unsaturated/α-hetero) is 1. The highest BCUT2D eigenvalue weighted by atomic mass is 16.2. The second kappa shape index (κ2) is 6.74. The van der Waals surface area contributed by atoms with Gasteiger partial charge in [-0.1, -0.05) is 13.3 Å². The Balaban J connectivity index is 4.71. The van der Waals surface area contributed by atoms with Crippen LogP contribution in [0.2, 0.25) is 0 Å². The molecule has 0 aliphatic rings. The summed E-state index contributed by atoms with van der Waals surface area (Å²) in [6.45, 7) is 10.4. The third-order valence-corrected chi connectivity index (χ3v) is 2.53. The summed E-state index contributed by atoms with van der Waals surface area (Å²) in [6.07, 6.45) is 1.57. The van der Waals surface area contributed by atoms with Gasteiger partial charge in [-0.05, 0) is 34.1 Å². The zero-order valence-electron chi connectivity index (χ0n) is 12.0. The Morgan fingerprint density at radius 1 is 1.24 bits per heavy atom. The topological polar surface area (TPSA) is 49.4 Å². The Kier molecular flexibility index (Phi) is 6.39. The fraction of sp³-hybridized carbons (Fsp3) is 0.846. The first-order valence-corrected chi connectivity index (χ1v) is 6.30. The largest absolute Gasteiger partial charge is 0.339 e. The molecule has 0 aromatic heterocycles. The standard InChI is InChI=1S/C13H26N2O2/c1-7-9-10(14-13(3,4)5)11(16)12(17)15(6)8-2/h10,14H,7-9H2,1-6H3. The molecule has 1 amide bonds. The van der Waals surface area contributed by atoms with Crippen molar-refractivity contribution in [1.82, 2.24) is 10.2 Å². The number of ketones is 1. The Hall–Kier alpha value is -0.900. The molecule has 0 saturated carbocycles. The molecule has 4 nitrogen and oxygen atoms in total. The maximum absolute atomic E-state index is 12.1. The lowest BCUT2D eigenvalue weighted by molar-refractivity contribution is -0.145. The number of likely N-dealkylation sites (N-methyl/N-ethyl adjacent to an activating group) is 1. The lowest BCUT2D eigenvalue weighted by Crippen LogP contribution is -2.52. The molecule has 0 heterocycles. The van der Waals surface area contributed by atoms with Crippen molar-refractivity contribution in [2.75, 3.05) is 13.6 Å². The van der Waals surface area contributed by atoms with Crippen LogP contribution in [0.15, 0.2) is 0 Å². The molecule has 0 radical (unpaired) electrons. The van der Waals surface area contributed by atoms with Crippen LogP contribution in [-0.4, -0.2) is 41.8 Å². The van der Waals surface area contributed by atoms with E-state index in [0.717, 1.165) is 6.42 Å². The van der Waals surface area contributed by atoms with Gasteiger partial charge in [0, 0.05) is 19.1 Å². The zero-order chi connectivity index (χ0) is 13.6. The number of hydrogen-bond acceptors (Lipinski definition) is 3. The molecule has 0 aliphatic heterocycles. The van der Waals surface area contributed by atoms with Crippen molar-refractivity contribution >= 4 is 11.7 Å². The molecular formula is C13H26N2O2. The maximum Gasteiger partial charge on any atom is 0.291 e. The van der Waals surface area contributed by atoms with Crippen LogP contribution in [-0.2, 0) is 9.59 Å². The number of rotatable bonds is 6. The van der Waals surface area contributed by atoms with E-state index >= 15 is 0 Å². The summed E-state index contributed by atoms with van der Waals surface area (Å²) in [5.41, 5.74) is -0.166. The summed E-state index contributed by atoms with van der Waals surface area (Å²) in [5, 5.41) is 3.22. The quantitative estimate of drug-likeness (QED) is 0.720. The van der Waals surface area contributed by atoms with Gasteiger partial charge < -0.3 is 10.2 Å². The highest BCUT2D eigenvalue weighted by molar-refractivity contribution is 6.38. The summed E-state index contributed by atoms with van der Waals surface area (Å²) in [4.78, 5) is 25.3. The summed E-state index contributed by atoms with van der Waals surface area (Å²) in [5.74, 6) is -0.728. The van der Waals surface area contributed by atoms with E-state index in [4.69, 9.17) is 0 Å². The normalized spacial score (nSPS) is 13.3. The van der Waals surface area contributed by atoms with Crippen molar-refractivity contribution in [3.05, 3.63) is 0 Å². The van der Waals surface area contributed by atoms with E-state index in [1.165, 1.54) is 4.90 Å². The minimum absolute atomic E-state index is 0.166. The minimum Gasteiger partial charge on any atom is -0.339 e. The highest BCUT2D eigenvalue weighted by Gasteiger charge is 2.29. The van der Waals surface area contributed by atoms with E-state index in [9.17, 15) is 9.59 Å². The monoisotopic (exact) mass is 242 g/mol. The first kappa shape index (κ1) is 16.1. The SMILES string of the molecule is CCCC(NC(C)(C)C)C(=O)C(=O)N(C)CC. The van der Waals surface area contributed by atoms with Gasteiger partial charge in [-0.2, -0.15) is 0 Å². The van der Waals surface area contributed by atoms with E-state index in [1.54, 1.807) is 7.05 Å². The molecule has 0 bridgehead atoms. The van der Waals surface area contributed by atoms with Crippen molar-refractivity contribution in [3.63, 3.8) is 0 Å². The third-order valence-electron chi connectivity index (χ3n) is 2.53. The van der Waals surface area contributed by atoms with Crippen molar-refractivity contribution in [2.45, 2.75) is 59.0 Å². The van der Waals surface area contributed by atoms with Gasteiger partial charge in [-0.3, -0.25) is 9.59 Å². The minimum atomic E-state index is -0.400. The maximum atomic E-state index is 12.1. The summed E-state index contributed by atoms with van der Waals surface area (Å²) >= 11 is 0. The number of amides is 1. The molecule has 0 saturated heterocycles. The van der Waals surface area contributed by atoms with E-state index in [1.807, 2.05) is 34.6 Å². The van der Waals surface area contributed by atoms with Crippen molar-refractivity contribution in [1.29, 1.82) is 0 Å². The average molecular weight is 242 g/mol. The number of hydrogen-bond donors (Lipinski definition) is 1. The third kappa shape index (κ3) is 5.82. The second-order valence-corrected chi connectivity index (χ2v) is 5.42. The van der Waals surface area contributed by atoms with E-state index < -0.39 is 5.91 Å². The predicted molar refractivity (Wildman–Crippen MR) is 69.9 cm³/mol. The second-order valence-electron chi connectivity index (χ2n) is 5.42. The van der Waals surface area contributed by atoms with Crippen molar-refractivity contribution in [3.8, 4) is 0 Å². The van der Waals surface area contributed by atoms with E-state index in [-0.39, 0.29) is 17.4 Å². The molecule has 0 aliphatic carbocycles. The van der Waals surface area contributed by atoms with Gasteiger partial charge in [-0.25, -0.2) is 0 Å². The summed E-state index contributed by atoms with van der Waals surface area (Å²) < 4.78 is 0.